The summed E-state index contributed by atoms with van der Waals surface area (Å²) in [6.45, 7) is 2.56. The molecule has 6 nitrogen and oxygen atoms in total. The third-order valence-electron chi connectivity index (χ3n) is 4.65. The Kier molecular flexibility index (Phi) is 3.80. The highest BCUT2D eigenvalue weighted by Crippen LogP contribution is 2.32. The van der Waals surface area contributed by atoms with Crippen molar-refractivity contribution in [3.8, 4) is 0 Å². The molecule has 0 aromatic heterocycles. The molecule has 0 aliphatic carbocycles. The first-order chi connectivity index (χ1) is 12.2. The number of aryl methyl sites for hydroxylation is 1. The lowest BCUT2D eigenvalue weighted by Crippen LogP contribution is -2.39. The Labute approximate surface area is 145 Å². The topological polar surface area (TPSA) is 65.3 Å². The van der Waals surface area contributed by atoms with E-state index in [1.54, 1.807) is 29.3 Å². The minimum Gasteiger partial charge on any atom is -0.271 e. The second kappa shape index (κ2) is 6.12. The summed E-state index contributed by atoms with van der Waals surface area (Å²) in [4.78, 5) is 26.7. The first kappa shape index (κ1) is 15.5. The molecule has 0 unspecified atom stereocenters. The third kappa shape index (κ3) is 2.59. The van der Waals surface area contributed by atoms with Gasteiger partial charge in [0.2, 0.25) is 0 Å². The zero-order chi connectivity index (χ0) is 17.4. The van der Waals surface area contributed by atoms with Crippen LogP contribution in [0.15, 0.2) is 64.9 Å². The molecule has 1 fully saturated rings. The fraction of sp³-hybridized carbons (Fsp3) is 0.263. The normalized spacial score (nSPS) is 22.0. The molecule has 1 saturated heterocycles. The van der Waals surface area contributed by atoms with E-state index in [4.69, 9.17) is 0 Å². The van der Waals surface area contributed by atoms with Crippen molar-refractivity contribution in [2.24, 2.45) is 10.3 Å². The van der Waals surface area contributed by atoms with Crippen molar-refractivity contribution in [1.29, 1.82) is 0 Å². The van der Waals surface area contributed by atoms with Gasteiger partial charge < -0.3 is 0 Å². The van der Waals surface area contributed by atoms with Gasteiger partial charge in [0.05, 0.1) is 12.2 Å². The Morgan fingerprint density at radius 1 is 0.920 bits per heavy atom. The molecule has 2 aromatic carbocycles. The largest absolute Gasteiger partial charge is 0.271 e. The second-order valence-corrected chi connectivity index (χ2v) is 6.21. The van der Waals surface area contributed by atoms with Gasteiger partial charge in [-0.05, 0) is 29.7 Å². The number of fused-ring (bicyclic) bond motifs is 1. The van der Waals surface area contributed by atoms with Crippen molar-refractivity contribution in [2.45, 2.75) is 32.0 Å². The number of benzene rings is 2. The van der Waals surface area contributed by atoms with E-state index in [0.29, 0.717) is 12.2 Å². The number of hydrogen-bond donors (Lipinski definition) is 0. The molecule has 2 atom stereocenters. The van der Waals surface area contributed by atoms with Crippen molar-refractivity contribution in [2.75, 3.05) is 4.90 Å². The number of rotatable bonds is 4. The minimum absolute atomic E-state index is 0.267. The molecule has 0 spiro atoms. The Bertz CT molecular complexity index is 832. The maximum absolute atomic E-state index is 12.8. The predicted octanol–water partition coefficient (Wildman–Crippen LogP) is 2.74. The number of nitrogens with zero attached hydrogens (tertiary/aromatic N) is 4. The lowest BCUT2D eigenvalue weighted by atomic mass is 10.1. The predicted molar refractivity (Wildman–Crippen MR) is 92.7 cm³/mol. The third-order valence-corrected chi connectivity index (χ3v) is 4.65. The maximum Gasteiger partial charge on any atom is 0.263 e. The zero-order valence-electron chi connectivity index (χ0n) is 13.9. The highest BCUT2D eigenvalue weighted by atomic mass is 16.2. The minimum atomic E-state index is -0.748. The molecule has 6 heteroatoms. The Morgan fingerprint density at radius 2 is 1.60 bits per heavy atom. The van der Waals surface area contributed by atoms with Gasteiger partial charge in [-0.3, -0.25) is 14.6 Å². The first-order valence-corrected chi connectivity index (χ1v) is 8.37. The summed E-state index contributed by atoms with van der Waals surface area (Å²) in [5, 5.41) is 9.75. The van der Waals surface area contributed by atoms with E-state index in [0.717, 1.165) is 12.0 Å². The number of para-hydroxylation sites is 1. The van der Waals surface area contributed by atoms with Crippen LogP contribution in [0.5, 0.6) is 0 Å². The number of anilines is 1. The van der Waals surface area contributed by atoms with E-state index in [1.807, 2.05) is 18.2 Å². The van der Waals surface area contributed by atoms with Gasteiger partial charge in [0.15, 0.2) is 12.1 Å². The number of amides is 2. The lowest BCUT2D eigenvalue weighted by Gasteiger charge is -2.20. The summed E-state index contributed by atoms with van der Waals surface area (Å²) < 4.78 is 0. The van der Waals surface area contributed by atoms with E-state index >= 15 is 0 Å². The van der Waals surface area contributed by atoms with Crippen molar-refractivity contribution >= 4 is 17.5 Å². The highest BCUT2D eigenvalue weighted by molar-refractivity contribution is 6.25. The van der Waals surface area contributed by atoms with Crippen LogP contribution < -0.4 is 4.90 Å². The Balaban J connectivity index is 1.56. The molecule has 0 N–H and O–H groups in total. The average molecular weight is 334 g/mol. The van der Waals surface area contributed by atoms with E-state index in [1.165, 1.54) is 10.5 Å². The van der Waals surface area contributed by atoms with Crippen LogP contribution >= 0.6 is 0 Å². The van der Waals surface area contributed by atoms with Crippen LogP contribution in [0.4, 0.5) is 5.69 Å². The van der Waals surface area contributed by atoms with Gasteiger partial charge >= 0.3 is 0 Å². The number of carbonyl (C=O) groups is 2. The first-order valence-electron chi connectivity index (χ1n) is 8.37. The summed E-state index contributed by atoms with van der Waals surface area (Å²) in [7, 11) is 0. The van der Waals surface area contributed by atoms with Crippen molar-refractivity contribution in [3.05, 3.63) is 65.7 Å². The molecule has 25 heavy (non-hydrogen) atoms. The molecule has 4 rings (SSSR count). The number of hydrogen-bond acceptors (Lipinski definition) is 5. The number of imide groups is 1. The standard InChI is InChI=1S/C19H18N4O2/c1-2-13-8-10-14(11-9-13)12-22-17-16(20-21-22)18(24)23(19(17)25)15-6-4-3-5-7-15/h3-11,16-17H,2,12H2,1H3/t16-,17-/m1/s1. The fourth-order valence-electron chi connectivity index (χ4n) is 3.25. The van der Waals surface area contributed by atoms with Gasteiger partial charge in [0.1, 0.15) is 0 Å². The molecule has 2 aliphatic rings. The van der Waals surface area contributed by atoms with Crippen LogP contribution in [0.25, 0.3) is 0 Å². The van der Waals surface area contributed by atoms with Gasteiger partial charge in [0, 0.05) is 0 Å². The van der Waals surface area contributed by atoms with Crippen LogP contribution in [-0.4, -0.2) is 28.9 Å². The average Bonchev–Trinajstić information content (AvgIpc) is 3.17. The van der Waals surface area contributed by atoms with Gasteiger partial charge in [-0.15, -0.1) is 0 Å². The van der Waals surface area contributed by atoms with Crippen molar-refractivity contribution in [1.82, 2.24) is 5.01 Å². The fourth-order valence-corrected chi connectivity index (χ4v) is 3.25. The molecule has 0 radical (unpaired) electrons. The Morgan fingerprint density at radius 3 is 2.28 bits per heavy atom. The molecule has 0 bridgehead atoms. The molecule has 2 amide bonds. The number of carbonyl (C=O) groups excluding carboxylic acids is 2. The molecular formula is C19H18N4O2. The summed E-state index contributed by atoms with van der Waals surface area (Å²) >= 11 is 0. The van der Waals surface area contributed by atoms with Gasteiger partial charge in [-0.25, -0.2) is 4.90 Å². The van der Waals surface area contributed by atoms with Crippen molar-refractivity contribution in [3.63, 3.8) is 0 Å². The quantitative estimate of drug-likeness (QED) is 0.808. The van der Waals surface area contributed by atoms with Gasteiger partial charge in [-0.1, -0.05) is 54.6 Å². The van der Waals surface area contributed by atoms with Gasteiger partial charge in [0.25, 0.3) is 11.8 Å². The van der Waals surface area contributed by atoms with E-state index in [-0.39, 0.29) is 11.8 Å². The van der Waals surface area contributed by atoms with Crippen molar-refractivity contribution < 1.29 is 9.59 Å². The zero-order valence-corrected chi connectivity index (χ0v) is 13.9. The van der Waals surface area contributed by atoms with E-state index in [9.17, 15) is 9.59 Å². The molecule has 2 heterocycles. The second-order valence-electron chi connectivity index (χ2n) is 6.21. The lowest BCUT2D eigenvalue weighted by molar-refractivity contribution is -0.123. The van der Waals surface area contributed by atoms with Crippen LogP contribution in [-0.2, 0) is 22.6 Å². The SMILES string of the molecule is CCc1ccc(CN2N=N[C@H]3C(=O)N(c4ccccc4)C(=O)[C@@H]32)cc1. The molecule has 0 saturated carbocycles. The molecule has 2 aromatic rings. The molecular weight excluding hydrogens is 316 g/mol. The van der Waals surface area contributed by atoms with E-state index in [2.05, 4.69) is 29.4 Å². The highest BCUT2D eigenvalue weighted by Gasteiger charge is 2.54. The Hall–Kier alpha value is -3.02. The maximum atomic E-state index is 12.8. The van der Waals surface area contributed by atoms with Crippen LogP contribution in [0.1, 0.15) is 18.1 Å². The van der Waals surface area contributed by atoms with Crippen LogP contribution in [0.3, 0.4) is 0 Å². The summed E-state index contributed by atoms with van der Waals surface area (Å²) in [5.74, 6) is -0.579. The summed E-state index contributed by atoms with van der Waals surface area (Å²) in [5.41, 5.74) is 2.87. The molecule has 126 valence electrons. The summed E-state index contributed by atoms with van der Waals surface area (Å²) in [6.07, 6.45) is 0.980. The van der Waals surface area contributed by atoms with Crippen LogP contribution in [0, 0.1) is 0 Å². The monoisotopic (exact) mass is 334 g/mol. The van der Waals surface area contributed by atoms with E-state index < -0.39 is 12.1 Å². The van der Waals surface area contributed by atoms with Crippen LogP contribution in [0.2, 0.25) is 0 Å². The summed E-state index contributed by atoms with van der Waals surface area (Å²) in [6, 6.07) is 15.7. The van der Waals surface area contributed by atoms with Gasteiger partial charge in [-0.2, -0.15) is 5.11 Å². The molecule has 2 aliphatic heterocycles. The smallest absolute Gasteiger partial charge is 0.263 e.